The fourth-order valence-electron chi connectivity index (χ4n) is 1.40. The summed E-state index contributed by atoms with van der Waals surface area (Å²) in [5, 5.41) is 2.37. The number of halogens is 3. The van der Waals surface area contributed by atoms with Gasteiger partial charge in [0.25, 0.3) is 5.91 Å². The lowest BCUT2D eigenvalue weighted by atomic mass is 10.2. The normalized spacial score (nSPS) is 11.0. The summed E-state index contributed by atoms with van der Waals surface area (Å²) in [5.41, 5.74) is 0.387. The highest BCUT2D eigenvalue weighted by atomic mass is 19.4. The molecule has 1 aromatic carbocycles. The SMILES string of the molecule is CN(CCC(F)(F)F)C(=O)CNC(=O)c1ccccc1. The van der Waals surface area contributed by atoms with Crippen LogP contribution in [-0.2, 0) is 4.79 Å². The Hall–Kier alpha value is -2.05. The van der Waals surface area contributed by atoms with Crippen LogP contribution in [0.25, 0.3) is 0 Å². The zero-order valence-corrected chi connectivity index (χ0v) is 10.9. The van der Waals surface area contributed by atoms with Crippen molar-refractivity contribution in [3.8, 4) is 0 Å². The number of carbonyl (C=O) groups is 2. The molecule has 0 heterocycles. The number of carbonyl (C=O) groups excluding carboxylic acids is 2. The quantitative estimate of drug-likeness (QED) is 0.898. The van der Waals surface area contributed by atoms with E-state index in [1.165, 1.54) is 7.05 Å². The summed E-state index contributed by atoms with van der Waals surface area (Å²) in [6, 6.07) is 8.24. The second kappa shape index (κ2) is 6.93. The molecule has 0 aliphatic rings. The van der Waals surface area contributed by atoms with E-state index in [0.29, 0.717) is 5.56 Å². The third kappa shape index (κ3) is 5.73. The molecule has 0 aliphatic carbocycles. The second-order valence-corrected chi connectivity index (χ2v) is 4.23. The third-order valence-corrected chi connectivity index (χ3v) is 2.59. The summed E-state index contributed by atoms with van der Waals surface area (Å²) >= 11 is 0. The van der Waals surface area contributed by atoms with Crippen LogP contribution >= 0.6 is 0 Å². The minimum atomic E-state index is -4.30. The molecule has 0 atom stereocenters. The van der Waals surface area contributed by atoms with E-state index in [2.05, 4.69) is 5.32 Å². The van der Waals surface area contributed by atoms with Crippen LogP contribution in [0.4, 0.5) is 13.2 Å². The van der Waals surface area contributed by atoms with Gasteiger partial charge in [0.05, 0.1) is 13.0 Å². The smallest absolute Gasteiger partial charge is 0.344 e. The van der Waals surface area contributed by atoms with E-state index >= 15 is 0 Å². The molecule has 0 aromatic heterocycles. The van der Waals surface area contributed by atoms with Gasteiger partial charge in [0, 0.05) is 19.2 Å². The molecule has 0 spiro atoms. The molecule has 20 heavy (non-hydrogen) atoms. The Morgan fingerprint density at radius 2 is 1.80 bits per heavy atom. The van der Waals surface area contributed by atoms with E-state index in [1.807, 2.05) is 0 Å². The van der Waals surface area contributed by atoms with Gasteiger partial charge in [0.15, 0.2) is 0 Å². The van der Waals surface area contributed by atoms with Gasteiger partial charge in [0.2, 0.25) is 5.91 Å². The molecule has 0 saturated heterocycles. The van der Waals surface area contributed by atoms with Crippen molar-refractivity contribution in [2.75, 3.05) is 20.1 Å². The number of hydrogen-bond donors (Lipinski definition) is 1. The van der Waals surface area contributed by atoms with E-state index in [4.69, 9.17) is 0 Å². The first kappa shape index (κ1) is 16.0. The van der Waals surface area contributed by atoms with Gasteiger partial charge < -0.3 is 10.2 Å². The maximum absolute atomic E-state index is 12.0. The average molecular weight is 288 g/mol. The molecule has 0 bridgehead atoms. The van der Waals surface area contributed by atoms with Gasteiger partial charge >= 0.3 is 6.18 Å². The highest BCUT2D eigenvalue weighted by Crippen LogP contribution is 2.19. The molecule has 4 nitrogen and oxygen atoms in total. The second-order valence-electron chi connectivity index (χ2n) is 4.23. The van der Waals surface area contributed by atoms with Crippen molar-refractivity contribution in [3.05, 3.63) is 35.9 Å². The predicted octanol–water partition coefficient (Wildman–Crippen LogP) is 1.83. The van der Waals surface area contributed by atoms with Crippen LogP contribution in [0, 0.1) is 0 Å². The van der Waals surface area contributed by atoms with E-state index < -0.39 is 31.0 Å². The highest BCUT2D eigenvalue weighted by Gasteiger charge is 2.28. The molecule has 0 fully saturated rings. The Balaban J connectivity index is 2.38. The van der Waals surface area contributed by atoms with Gasteiger partial charge in [-0.25, -0.2) is 0 Å². The van der Waals surface area contributed by atoms with Gasteiger partial charge in [-0.2, -0.15) is 13.2 Å². The van der Waals surface area contributed by atoms with E-state index in [9.17, 15) is 22.8 Å². The number of hydrogen-bond acceptors (Lipinski definition) is 2. The summed E-state index contributed by atoms with van der Waals surface area (Å²) in [6.07, 6.45) is -5.37. The Labute approximate surface area is 114 Å². The van der Waals surface area contributed by atoms with Crippen LogP contribution in [-0.4, -0.2) is 43.0 Å². The first-order chi connectivity index (χ1) is 9.29. The third-order valence-electron chi connectivity index (χ3n) is 2.59. The molecule has 1 aromatic rings. The first-order valence-electron chi connectivity index (χ1n) is 5.93. The van der Waals surface area contributed by atoms with Crippen molar-refractivity contribution in [3.63, 3.8) is 0 Å². The van der Waals surface area contributed by atoms with E-state index in [-0.39, 0.29) is 6.54 Å². The van der Waals surface area contributed by atoms with Crippen LogP contribution in [0.5, 0.6) is 0 Å². The minimum absolute atomic E-state index is 0.331. The maximum Gasteiger partial charge on any atom is 0.390 e. The van der Waals surface area contributed by atoms with Crippen molar-refractivity contribution < 1.29 is 22.8 Å². The lowest BCUT2D eigenvalue weighted by Gasteiger charge is -2.18. The molecule has 0 unspecified atom stereocenters. The maximum atomic E-state index is 12.0. The van der Waals surface area contributed by atoms with E-state index in [0.717, 1.165) is 4.90 Å². The zero-order chi connectivity index (χ0) is 15.2. The van der Waals surface area contributed by atoms with Crippen molar-refractivity contribution in [1.82, 2.24) is 10.2 Å². The summed E-state index contributed by atoms with van der Waals surface area (Å²) in [4.78, 5) is 24.1. The van der Waals surface area contributed by atoms with Crippen LogP contribution in [0.2, 0.25) is 0 Å². The Morgan fingerprint density at radius 1 is 1.20 bits per heavy atom. The number of rotatable bonds is 5. The van der Waals surface area contributed by atoms with Gasteiger partial charge in [0.1, 0.15) is 0 Å². The molecule has 110 valence electrons. The average Bonchev–Trinajstić information content (AvgIpc) is 2.41. The molecule has 2 amide bonds. The number of benzene rings is 1. The summed E-state index contributed by atoms with van der Waals surface area (Å²) < 4.78 is 36.0. The van der Waals surface area contributed by atoms with Crippen molar-refractivity contribution >= 4 is 11.8 Å². The van der Waals surface area contributed by atoms with Crippen LogP contribution in [0.3, 0.4) is 0 Å². The number of alkyl halides is 3. The monoisotopic (exact) mass is 288 g/mol. The number of amides is 2. The standard InChI is InChI=1S/C13H15F3N2O2/c1-18(8-7-13(14,15)16)11(19)9-17-12(20)10-5-3-2-4-6-10/h2-6H,7-9H2,1H3,(H,17,20). The molecular weight excluding hydrogens is 273 g/mol. The fourth-order valence-corrected chi connectivity index (χ4v) is 1.40. The van der Waals surface area contributed by atoms with E-state index in [1.54, 1.807) is 30.3 Å². The van der Waals surface area contributed by atoms with Crippen molar-refractivity contribution in [2.24, 2.45) is 0 Å². The van der Waals surface area contributed by atoms with Crippen LogP contribution in [0.1, 0.15) is 16.8 Å². The van der Waals surface area contributed by atoms with Crippen LogP contribution in [0.15, 0.2) is 30.3 Å². The topological polar surface area (TPSA) is 49.4 Å². The molecule has 7 heteroatoms. The molecular formula is C13H15F3N2O2. The summed E-state index contributed by atoms with van der Waals surface area (Å²) in [7, 11) is 1.27. The predicted molar refractivity (Wildman–Crippen MR) is 67.1 cm³/mol. The molecule has 0 aliphatic heterocycles. The highest BCUT2D eigenvalue weighted by molar-refractivity contribution is 5.96. The number of nitrogens with one attached hydrogen (secondary N) is 1. The lowest BCUT2D eigenvalue weighted by molar-refractivity contribution is -0.143. The van der Waals surface area contributed by atoms with Crippen molar-refractivity contribution in [1.29, 1.82) is 0 Å². The van der Waals surface area contributed by atoms with Crippen LogP contribution < -0.4 is 5.32 Å². The van der Waals surface area contributed by atoms with Gasteiger partial charge in [-0.15, -0.1) is 0 Å². The first-order valence-corrected chi connectivity index (χ1v) is 5.93. The summed E-state index contributed by atoms with van der Waals surface area (Å²) in [6.45, 7) is -0.758. The Morgan fingerprint density at radius 3 is 2.35 bits per heavy atom. The number of nitrogens with zero attached hydrogens (tertiary/aromatic N) is 1. The molecule has 1 N–H and O–H groups in total. The Bertz CT molecular complexity index is 460. The van der Waals surface area contributed by atoms with Gasteiger partial charge in [-0.05, 0) is 12.1 Å². The molecule has 0 radical (unpaired) electrons. The number of likely N-dealkylation sites (N-methyl/N-ethyl adjacent to an activating group) is 1. The fraction of sp³-hybridized carbons (Fsp3) is 0.385. The lowest BCUT2D eigenvalue weighted by Crippen LogP contribution is -2.39. The van der Waals surface area contributed by atoms with Gasteiger partial charge in [-0.3, -0.25) is 9.59 Å². The zero-order valence-electron chi connectivity index (χ0n) is 10.9. The summed E-state index contributed by atoms with van der Waals surface area (Å²) in [5.74, 6) is -1.01. The van der Waals surface area contributed by atoms with Crippen molar-refractivity contribution in [2.45, 2.75) is 12.6 Å². The molecule has 1 rings (SSSR count). The largest absolute Gasteiger partial charge is 0.390 e. The Kier molecular flexibility index (Phi) is 5.54. The minimum Gasteiger partial charge on any atom is -0.344 e. The molecule has 0 saturated carbocycles. The van der Waals surface area contributed by atoms with Gasteiger partial charge in [-0.1, -0.05) is 18.2 Å².